The lowest BCUT2D eigenvalue weighted by molar-refractivity contribution is -0.124. The Morgan fingerprint density at radius 3 is 2.78 bits per heavy atom. The molecule has 1 aromatic carbocycles. The number of hydrogen-bond donors (Lipinski definition) is 3. The van der Waals surface area contributed by atoms with Crippen LogP contribution in [-0.4, -0.2) is 47.6 Å². The molecule has 2 heterocycles. The van der Waals surface area contributed by atoms with Crippen molar-refractivity contribution in [2.45, 2.75) is 59.2 Å². The minimum atomic E-state index is -0.205. The van der Waals surface area contributed by atoms with Gasteiger partial charge in [-0.05, 0) is 60.4 Å². The van der Waals surface area contributed by atoms with E-state index in [1.807, 2.05) is 6.07 Å². The maximum Gasteiger partial charge on any atom is 0.237 e. The van der Waals surface area contributed by atoms with E-state index in [9.17, 15) is 9.90 Å². The third kappa shape index (κ3) is 5.02. The minimum Gasteiger partial charge on any atom is -0.508 e. The number of hydrogen-bond acceptors (Lipinski definition) is 4. The quantitative estimate of drug-likeness (QED) is 0.742. The number of aromatic hydroxyl groups is 1. The fraction of sp³-hybridized carbons (Fsp3) is 0.682. The van der Waals surface area contributed by atoms with E-state index in [1.54, 1.807) is 12.1 Å². The molecule has 0 aromatic heterocycles. The molecule has 1 saturated heterocycles. The van der Waals surface area contributed by atoms with Crippen LogP contribution in [0.25, 0.3) is 0 Å². The molecule has 0 spiro atoms. The number of phenolic OH excluding ortho intramolecular Hbond substituents is 1. The zero-order valence-corrected chi connectivity index (χ0v) is 17.2. The first-order chi connectivity index (χ1) is 12.8. The number of likely N-dealkylation sites (tertiary alicyclic amines) is 1. The topological polar surface area (TPSA) is 64.6 Å². The summed E-state index contributed by atoms with van der Waals surface area (Å²) in [5, 5.41) is 16.3. The van der Waals surface area contributed by atoms with Crippen molar-refractivity contribution in [1.82, 2.24) is 15.5 Å². The van der Waals surface area contributed by atoms with Crippen LogP contribution in [-0.2, 0) is 17.8 Å². The van der Waals surface area contributed by atoms with Crippen LogP contribution >= 0.6 is 0 Å². The van der Waals surface area contributed by atoms with Crippen molar-refractivity contribution >= 4 is 5.91 Å². The Hall–Kier alpha value is -1.59. The number of rotatable bonds is 5. The average molecular weight is 374 g/mol. The Balaban J connectivity index is 1.58. The van der Waals surface area contributed by atoms with Crippen molar-refractivity contribution in [3.63, 3.8) is 0 Å². The van der Waals surface area contributed by atoms with Gasteiger partial charge in [0.2, 0.25) is 5.91 Å². The Morgan fingerprint density at radius 2 is 2.07 bits per heavy atom. The Morgan fingerprint density at radius 1 is 1.30 bits per heavy atom. The molecule has 5 heteroatoms. The molecule has 0 aliphatic carbocycles. The first kappa shape index (κ1) is 20.2. The number of nitrogens with one attached hydrogen (secondary N) is 2. The number of benzene rings is 1. The second-order valence-corrected chi connectivity index (χ2v) is 8.95. The molecular weight excluding hydrogens is 338 g/mol. The normalized spacial score (nSPS) is 27.2. The van der Waals surface area contributed by atoms with Gasteiger partial charge in [0.05, 0.1) is 6.04 Å². The third-order valence-corrected chi connectivity index (χ3v) is 6.47. The summed E-state index contributed by atoms with van der Waals surface area (Å²) in [5.41, 5.74) is 2.22. The highest BCUT2D eigenvalue weighted by Gasteiger charge is 2.29. The molecular formula is C22H35N3O2. The van der Waals surface area contributed by atoms with Gasteiger partial charge in [0.25, 0.3) is 0 Å². The van der Waals surface area contributed by atoms with Crippen molar-refractivity contribution in [1.29, 1.82) is 0 Å². The van der Waals surface area contributed by atoms with Gasteiger partial charge in [-0.1, -0.05) is 33.8 Å². The lowest BCUT2D eigenvalue weighted by atomic mass is 9.88. The van der Waals surface area contributed by atoms with E-state index in [-0.39, 0.29) is 23.7 Å². The van der Waals surface area contributed by atoms with E-state index >= 15 is 0 Å². The summed E-state index contributed by atoms with van der Waals surface area (Å²) in [6, 6.07) is 5.38. The summed E-state index contributed by atoms with van der Waals surface area (Å²) < 4.78 is 0. The van der Waals surface area contributed by atoms with Crippen molar-refractivity contribution in [3.05, 3.63) is 29.3 Å². The van der Waals surface area contributed by atoms with Crippen molar-refractivity contribution < 1.29 is 9.90 Å². The first-order valence-electron chi connectivity index (χ1n) is 10.4. The molecule has 0 radical (unpaired) electrons. The minimum absolute atomic E-state index is 0.0888. The second-order valence-electron chi connectivity index (χ2n) is 8.95. The van der Waals surface area contributed by atoms with Crippen LogP contribution in [0.3, 0.4) is 0 Å². The van der Waals surface area contributed by atoms with Gasteiger partial charge in [0.1, 0.15) is 5.75 Å². The molecule has 0 saturated carbocycles. The molecule has 3 rings (SSSR count). The molecule has 150 valence electrons. The van der Waals surface area contributed by atoms with Crippen molar-refractivity contribution in [3.8, 4) is 5.75 Å². The largest absolute Gasteiger partial charge is 0.508 e. The van der Waals surface area contributed by atoms with Crippen LogP contribution in [0.15, 0.2) is 18.2 Å². The molecule has 1 unspecified atom stereocenters. The molecule has 27 heavy (non-hydrogen) atoms. The van der Waals surface area contributed by atoms with Crippen LogP contribution in [0, 0.1) is 17.8 Å². The Kier molecular flexibility index (Phi) is 6.43. The summed E-state index contributed by atoms with van der Waals surface area (Å²) in [7, 11) is 0. The summed E-state index contributed by atoms with van der Waals surface area (Å²) in [5.74, 6) is 2.28. The van der Waals surface area contributed by atoms with E-state index in [0.717, 1.165) is 42.6 Å². The van der Waals surface area contributed by atoms with Crippen LogP contribution in [0.5, 0.6) is 5.75 Å². The van der Waals surface area contributed by atoms with Gasteiger partial charge in [-0.2, -0.15) is 0 Å². The summed E-state index contributed by atoms with van der Waals surface area (Å²) in [6.45, 7) is 12.9. The van der Waals surface area contributed by atoms with Gasteiger partial charge in [0, 0.05) is 25.7 Å². The fourth-order valence-electron chi connectivity index (χ4n) is 4.19. The highest BCUT2D eigenvalue weighted by Crippen LogP contribution is 2.24. The summed E-state index contributed by atoms with van der Waals surface area (Å²) in [4.78, 5) is 15.4. The van der Waals surface area contributed by atoms with Crippen molar-refractivity contribution in [2.24, 2.45) is 17.8 Å². The van der Waals surface area contributed by atoms with Gasteiger partial charge >= 0.3 is 0 Å². The van der Waals surface area contributed by atoms with E-state index in [4.69, 9.17) is 0 Å². The number of nitrogens with zero attached hydrogens (tertiary/aromatic N) is 1. The van der Waals surface area contributed by atoms with Gasteiger partial charge < -0.3 is 20.6 Å². The fourth-order valence-corrected chi connectivity index (χ4v) is 4.19. The zero-order chi connectivity index (χ0) is 19.6. The molecule has 3 N–H and O–H groups in total. The van der Waals surface area contributed by atoms with E-state index < -0.39 is 0 Å². The molecule has 0 bridgehead atoms. The van der Waals surface area contributed by atoms with Gasteiger partial charge in [-0.25, -0.2) is 0 Å². The standard InChI is InChI=1S/C22H35N3O2/c1-14(2)21(13-25-8-7-15(3)16(4)12-25)24-22(27)20-10-17-5-6-19(26)9-18(17)11-23-20/h5-6,9,14-16,20-21,23,26H,7-8,10-13H2,1-4H3,(H,24,27)/t15-,16+,20-,21?/m1/s1. The maximum atomic E-state index is 12.9. The average Bonchev–Trinajstić information content (AvgIpc) is 2.63. The molecule has 2 aliphatic heterocycles. The number of piperidine rings is 1. The first-order valence-corrected chi connectivity index (χ1v) is 10.4. The monoisotopic (exact) mass is 373 g/mol. The number of carbonyl (C=O) groups is 1. The predicted octanol–water partition coefficient (Wildman–Crippen LogP) is 2.53. The van der Waals surface area contributed by atoms with Crippen molar-refractivity contribution in [2.75, 3.05) is 19.6 Å². The van der Waals surface area contributed by atoms with Crippen LogP contribution in [0.2, 0.25) is 0 Å². The lowest BCUT2D eigenvalue weighted by Crippen LogP contribution is -2.55. The molecule has 1 amide bonds. The molecule has 1 aromatic rings. The number of phenols is 1. The number of carbonyl (C=O) groups excluding carboxylic acids is 1. The lowest BCUT2D eigenvalue weighted by Gasteiger charge is -2.38. The summed E-state index contributed by atoms with van der Waals surface area (Å²) >= 11 is 0. The molecule has 2 aliphatic rings. The smallest absolute Gasteiger partial charge is 0.237 e. The van der Waals surface area contributed by atoms with Crippen LogP contribution < -0.4 is 10.6 Å². The SMILES string of the molecule is CC(C)C(CN1CC[C@@H](C)[C@@H](C)C1)NC(=O)[C@H]1Cc2ccc(O)cc2CN1. The van der Waals surface area contributed by atoms with Crippen LogP contribution in [0.4, 0.5) is 0 Å². The predicted molar refractivity (Wildman–Crippen MR) is 109 cm³/mol. The van der Waals surface area contributed by atoms with E-state index in [0.29, 0.717) is 18.9 Å². The zero-order valence-electron chi connectivity index (χ0n) is 17.2. The van der Waals surface area contributed by atoms with Crippen LogP contribution in [0.1, 0.15) is 45.2 Å². The van der Waals surface area contributed by atoms with Gasteiger partial charge in [-0.3, -0.25) is 4.79 Å². The third-order valence-electron chi connectivity index (χ3n) is 6.47. The highest BCUT2D eigenvalue weighted by atomic mass is 16.3. The van der Waals surface area contributed by atoms with Gasteiger partial charge in [-0.15, -0.1) is 0 Å². The molecule has 5 nitrogen and oxygen atoms in total. The van der Waals surface area contributed by atoms with E-state index in [2.05, 4.69) is 43.2 Å². The molecule has 4 atom stereocenters. The molecule has 1 fully saturated rings. The van der Waals surface area contributed by atoms with Gasteiger partial charge in [0.15, 0.2) is 0 Å². The second kappa shape index (κ2) is 8.61. The Labute approximate surface area is 163 Å². The number of fused-ring (bicyclic) bond motifs is 1. The highest BCUT2D eigenvalue weighted by molar-refractivity contribution is 5.82. The maximum absolute atomic E-state index is 12.9. The number of amides is 1. The summed E-state index contributed by atoms with van der Waals surface area (Å²) in [6.07, 6.45) is 1.91. The Bertz CT molecular complexity index is 661. The van der Waals surface area contributed by atoms with E-state index in [1.165, 1.54) is 6.42 Å².